The van der Waals surface area contributed by atoms with Crippen LogP contribution in [0.1, 0.15) is 24.0 Å². The zero-order valence-corrected chi connectivity index (χ0v) is 26.5. The second-order valence-electron chi connectivity index (χ2n) is 10.7. The highest BCUT2D eigenvalue weighted by atomic mass is 16.6. The molecule has 1 amide bonds. The molecule has 1 aromatic heterocycles. The number of ether oxygens (including phenoxy) is 5. The summed E-state index contributed by atoms with van der Waals surface area (Å²) >= 11 is 0. The van der Waals surface area contributed by atoms with Crippen LogP contribution in [0.4, 0.5) is 22.1 Å². The molecule has 0 unspecified atom stereocenters. The molecule has 0 spiro atoms. The van der Waals surface area contributed by atoms with Crippen molar-refractivity contribution in [3.8, 4) is 40.1 Å². The molecule has 45 heavy (non-hydrogen) atoms. The molecule has 11 nitrogen and oxygen atoms in total. The van der Waals surface area contributed by atoms with Gasteiger partial charge in [0.05, 0.1) is 32.7 Å². The molecular weight excluding hydrogens is 574 g/mol. The Balaban J connectivity index is 1.44. The van der Waals surface area contributed by atoms with E-state index in [0.29, 0.717) is 52.7 Å². The molecule has 5 rings (SSSR count). The highest BCUT2D eigenvalue weighted by Gasteiger charge is 2.21. The number of benzene rings is 3. The molecule has 0 saturated carbocycles. The van der Waals surface area contributed by atoms with Gasteiger partial charge in [-0.2, -0.15) is 4.98 Å². The number of methoxy groups -OCH3 is 3. The highest BCUT2D eigenvalue weighted by Crippen LogP contribution is 2.34. The third-order valence-corrected chi connectivity index (χ3v) is 7.82. The van der Waals surface area contributed by atoms with E-state index in [0.717, 1.165) is 36.1 Å². The third kappa shape index (κ3) is 7.38. The van der Waals surface area contributed by atoms with Gasteiger partial charge in [0.25, 0.3) is 0 Å². The fraction of sp³-hybridized carbons (Fsp3) is 0.324. The van der Waals surface area contributed by atoms with Crippen LogP contribution in [0.5, 0.6) is 28.9 Å². The van der Waals surface area contributed by atoms with Gasteiger partial charge in [-0.15, -0.1) is 0 Å². The van der Waals surface area contributed by atoms with E-state index in [2.05, 4.69) is 15.6 Å². The number of anilines is 3. The number of carbonyl (C=O) groups excluding carboxylic acids is 1. The fourth-order valence-corrected chi connectivity index (χ4v) is 5.10. The van der Waals surface area contributed by atoms with Gasteiger partial charge in [-0.3, -0.25) is 4.90 Å². The van der Waals surface area contributed by atoms with Crippen LogP contribution in [0.15, 0.2) is 60.7 Å². The van der Waals surface area contributed by atoms with Crippen LogP contribution in [0.3, 0.4) is 0 Å². The standard InChI is InChI=1S/C34H39N5O6/c1-21-9-7-11-26(22(21)2)27-19-32(45-34(40)39(3)28-18-25(41-4)13-15-29(28)42-5)38-33(37-27)36-23-12-14-30(31(17-23)43-6)44-20-24-10-8-16-35-24/h7,9,11-15,17-19,24,35H,8,10,16,20H2,1-6H3,(H,36,37,38)/t24-/m0/s1. The van der Waals surface area contributed by atoms with E-state index in [-0.39, 0.29) is 11.8 Å². The van der Waals surface area contributed by atoms with E-state index in [1.165, 1.54) is 12.0 Å². The summed E-state index contributed by atoms with van der Waals surface area (Å²) < 4.78 is 28.3. The van der Waals surface area contributed by atoms with E-state index in [1.807, 2.05) is 50.2 Å². The Morgan fingerprint density at radius 1 is 0.956 bits per heavy atom. The normalized spacial score (nSPS) is 14.0. The molecular formula is C34H39N5O6. The lowest BCUT2D eigenvalue weighted by Gasteiger charge is -2.20. The van der Waals surface area contributed by atoms with Crippen molar-refractivity contribution in [1.29, 1.82) is 0 Å². The van der Waals surface area contributed by atoms with E-state index in [4.69, 9.17) is 28.7 Å². The molecule has 236 valence electrons. The first kappa shape index (κ1) is 31.4. The summed E-state index contributed by atoms with van der Waals surface area (Å²) in [5, 5.41) is 6.68. The van der Waals surface area contributed by atoms with Crippen LogP contribution in [0.2, 0.25) is 0 Å². The Bertz CT molecular complexity index is 1660. The fourth-order valence-electron chi connectivity index (χ4n) is 5.10. The lowest BCUT2D eigenvalue weighted by Crippen LogP contribution is -2.30. The van der Waals surface area contributed by atoms with Crippen molar-refractivity contribution in [3.05, 3.63) is 71.8 Å². The second-order valence-corrected chi connectivity index (χ2v) is 10.7. The molecule has 0 radical (unpaired) electrons. The van der Waals surface area contributed by atoms with Gasteiger partial charge in [0.2, 0.25) is 11.8 Å². The van der Waals surface area contributed by atoms with Gasteiger partial charge in [-0.25, -0.2) is 9.78 Å². The summed E-state index contributed by atoms with van der Waals surface area (Å²) in [6.07, 6.45) is 1.57. The summed E-state index contributed by atoms with van der Waals surface area (Å²) in [5.41, 5.74) is 4.79. The van der Waals surface area contributed by atoms with Crippen molar-refractivity contribution >= 4 is 23.4 Å². The number of amides is 1. The molecule has 1 saturated heterocycles. The zero-order valence-electron chi connectivity index (χ0n) is 26.5. The second kappa shape index (κ2) is 14.2. The summed E-state index contributed by atoms with van der Waals surface area (Å²) in [5.74, 6) is 2.58. The maximum Gasteiger partial charge on any atom is 0.420 e. The third-order valence-electron chi connectivity index (χ3n) is 7.82. The van der Waals surface area contributed by atoms with Gasteiger partial charge < -0.3 is 34.3 Å². The summed E-state index contributed by atoms with van der Waals surface area (Å²) in [4.78, 5) is 24.0. The van der Waals surface area contributed by atoms with Crippen molar-refractivity contribution in [2.75, 3.05) is 51.7 Å². The summed E-state index contributed by atoms with van der Waals surface area (Å²) in [6.45, 7) is 5.64. The largest absolute Gasteiger partial charge is 0.497 e. The lowest BCUT2D eigenvalue weighted by molar-refractivity contribution is 0.207. The number of nitrogens with zero attached hydrogens (tertiary/aromatic N) is 3. The Kier molecular flexibility index (Phi) is 9.89. The van der Waals surface area contributed by atoms with Crippen molar-refractivity contribution < 1.29 is 28.5 Å². The first-order chi connectivity index (χ1) is 21.8. The number of aromatic nitrogens is 2. The molecule has 3 aromatic carbocycles. The molecule has 0 bridgehead atoms. The summed E-state index contributed by atoms with van der Waals surface area (Å²) in [6, 6.07) is 18.7. The van der Waals surface area contributed by atoms with Gasteiger partial charge in [-0.1, -0.05) is 18.2 Å². The first-order valence-electron chi connectivity index (χ1n) is 14.7. The van der Waals surface area contributed by atoms with Crippen molar-refractivity contribution in [2.45, 2.75) is 32.7 Å². The molecule has 1 atom stereocenters. The molecule has 0 aliphatic carbocycles. The minimum absolute atomic E-state index is 0.0677. The molecule has 1 fully saturated rings. The first-order valence-corrected chi connectivity index (χ1v) is 14.7. The maximum absolute atomic E-state index is 13.4. The molecule has 4 aromatic rings. The van der Waals surface area contributed by atoms with Crippen molar-refractivity contribution in [3.63, 3.8) is 0 Å². The number of rotatable bonds is 11. The molecule has 1 aliphatic rings. The van der Waals surface area contributed by atoms with Gasteiger partial charge in [-0.05, 0) is 68.6 Å². The van der Waals surface area contributed by atoms with Crippen LogP contribution >= 0.6 is 0 Å². The maximum atomic E-state index is 13.4. The van der Waals surface area contributed by atoms with Gasteiger partial charge in [0, 0.05) is 42.5 Å². The van der Waals surface area contributed by atoms with Crippen LogP contribution in [0.25, 0.3) is 11.3 Å². The van der Waals surface area contributed by atoms with E-state index in [1.54, 1.807) is 45.5 Å². The van der Waals surface area contributed by atoms with Crippen molar-refractivity contribution in [2.24, 2.45) is 0 Å². The number of carbonyl (C=O) groups is 1. The predicted molar refractivity (Wildman–Crippen MR) is 174 cm³/mol. The van der Waals surface area contributed by atoms with Gasteiger partial charge >= 0.3 is 6.09 Å². The number of hydrogen-bond donors (Lipinski definition) is 2. The molecule has 2 N–H and O–H groups in total. The number of nitrogens with one attached hydrogen (secondary N) is 2. The Morgan fingerprint density at radius 2 is 1.76 bits per heavy atom. The van der Waals surface area contributed by atoms with E-state index >= 15 is 0 Å². The van der Waals surface area contributed by atoms with Gasteiger partial charge in [0.1, 0.15) is 18.1 Å². The van der Waals surface area contributed by atoms with Crippen LogP contribution in [-0.4, -0.2) is 63.6 Å². The Hall–Kier alpha value is -5.03. The minimum atomic E-state index is -0.668. The van der Waals surface area contributed by atoms with Crippen LogP contribution < -0.4 is 39.2 Å². The number of aryl methyl sites for hydroxylation is 1. The van der Waals surface area contributed by atoms with Crippen molar-refractivity contribution in [1.82, 2.24) is 15.3 Å². The van der Waals surface area contributed by atoms with Crippen LogP contribution in [-0.2, 0) is 0 Å². The topological polar surface area (TPSA) is 116 Å². The summed E-state index contributed by atoms with van der Waals surface area (Å²) in [7, 11) is 6.27. The highest BCUT2D eigenvalue weighted by molar-refractivity contribution is 5.90. The predicted octanol–water partition coefficient (Wildman–Crippen LogP) is 6.30. The average Bonchev–Trinajstić information content (AvgIpc) is 3.58. The molecule has 1 aliphatic heterocycles. The minimum Gasteiger partial charge on any atom is -0.497 e. The Morgan fingerprint density at radius 3 is 2.49 bits per heavy atom. The van der Waals surface area contributed by atoms with E-state index < -0.39 is 6.09 Å². The number of hydrogen-bond acceptors (Lipinski definition) is 10. The quantitative estimate of drug-likeness (QED) is 0.200. The SMILES string of the molecule is COc1ccc(OC)c(N(C)C(=O)Oc2cc(-c3cccc(C)c3C)nc(Nc3ccc(OC[C@@H]4CCCN4)c(OC)c3)n2)c1. The smallest absolute Gasteiger partial charge is 0.420 e. The van der Waals surface area contributed by atoms with Gasteiger partial charge in [0.15, 0.2) is 11.5 Å². The lowest BCUT2D eigenvalue weighted by atomic mass is 10.0. The van der Waals surface area contributed by atoms with E-state index in [9.17, 15) is 4.79 Å². The zero-order chi connectivity index (χ0) is 31.9. The monoisotopic (exact) mass is 613 g/mol. The average molecular weight is 614 g/mol. The van der Waals surface area contributed by atoms with Crippen LogP contribution in [0, 0.1) is 13.8 Å². The molecule has 11 heteroatoms. The molecule has 2 heterocycles. The Labute approximate surface area is 263 Å².